The number of aryl methyl sites for hydroxylation is 1. The zero-order valence-electron chi connectivity index (χ0n) is 12.4. The summed E-state index contributed by atoms with van der Waals surface area (Å²) in [6.45, 7) is 10.1. The van der Waals surface area contributed by atoms with Gasteiger partial charge in [-0.05, 0) is 36.4 Å². The van der Waals surface area contributed by atoms with Gasteiger partial charge in [-0.15, -0.1) is 0 Å². The Hall–Kier alpha value is -1.02. The van der Waals surface area contributed by atoms with E-state index >= 15 is 0 Å². The van der Waals surface area contributed by atoms with Gasteiger partial charge in [0.2, 0.25) is 0 Å². The van der Waals surface area contributed by atoms with Crippen LogP contribution in [-0.2, 0) is 6.42 Å². The molecule has 0 amide bonds. The predicted molar refractivity (Wildman–Crippen MR) is 78.2 cm³/mol. The van der Waals surface area contributed by atoms with Crippen molar-refractivity contribution in [3.8, 4) is 5.75 Å². The van der Waals surface area contributed by atoms with Crippen molar-refractivity contribution in [1.82, 2.24) is 5.32 Å². The number of methoxy groups -OCH3 is 1. The van der Waals surface area contributed by atoms with Crippen LogP contribution < -0.4 is 10.1 Å². The van der Waals surface area contributed by atoms with Gasteiger partial charge < -0.3 is 10.1 Å². The molecule has 1 rings (SSSR count). The largest absolute Gasteiger partial charge is 0.496 e. The molecule has 0 saturated carbocycles. The van der Waals surface area contributed by atoms with E-state index in [0.29, 0.717) is 6.04 Å². The first-order valence-corrected chi connectivity index (χ1v) is 6.84. The number of para-hydroxylation sites is 1. The average Bonchev–Trinajstić information content (AvgIpc) is 2.33. The van der Waals surface area contributed by atoms with Crippen molar-refractivity contribution in [1.29, 1.82) is 0 Å². The maximum atomic E-state index is 5.40. The van der Waals surface area contributed by atoms with Gasteiger partial charge in [0.25, 0.3) is 0 Å². The molecule has 1 N–H and O–H groups in total. The molecule has 0 aromatic heterocycles. The van der Waals surface area contributed by atoms with E-state index in [1.54, 1.807) is 7.11 Å². The molecule has 1 aromatic rings. The molecule has 2 nitrogen and oxygen atoms in total. The summed E-state index contributed by atoms with van der Waals surface area (Å²) in [5.41, 5.74) is 1.59. The Kier molecular flexibility index (Phi) is 5.67. The lowest BCUT2D eigenvalue weighted by molar-refractivity contribution is 0.257. The Bertz CT molecular complexity index is 354. The van der Waals surface area contributed by atoms with Gasteiger partial charge in [0, 0.05) is 6.04 Å². The molecule has 0 heterocycles. The summed E-state index contributed by atoms with van der Waals surface area (Å²) in [4.78, 5) is 0. The lowest BCUT2D eigenvalue weighted by atomic mass is 9.83. The smallest absolute Gasteiger partial charge is 0.122 e. The number of nitrogens with one attached hydrogen (secondary N) is 1. The summed E-state index contributed by atoms with van der Waals surface area (Å²) in [7, 11) is 1.74. The number of ether oxygens (including phenoxy) is 1. The molecular formula is C16H27NO. The van der Waals surface area contributed by atoms with E-state index in [2.05, 4.69) is 45.1 Å². The van der Waals surface area contributed by atoms with Crippen LogP contribution in [0.2, 0.25) is 0 Å². The third kappa shape index (κ3) is 4.34. The Morgan fingerprint density at radius 1 is 1.22 bits per heavy atom. The third-order valence-electron chi connectivity index (χ3n) is 3.39. The van der Waals surface area contributed by atoms with Crippen LogP contribution in [0.1, 0.15) is 39.7 Å². The van der Waals surface area contributed by atoms with Crippen LogP contribution in [0.4, 0.5) is 0 Å². The molecule has 0 spiro atoms. The van der Waals surface area contributed by atoms with Gasteiger partial charge in [0.15, 0.2) is 0 Å². The van der Waals surface area contributed by atoms with Crippen molar-refractivity contribution in [3.63, 3.8) is 0 Å². The van der Waals surface area contributed by atoms with E-state index < -0.39 is 0 Å². The fourth-order valence-electron chi connectivity index (χ4n) is 2.30. The van der Waals surface area contributed by atoms with Crippen LogP contribution in [0.3, 0.4) is 0 Å². The zero-order chi connectivity index (χ0) is 13.6. The standard InChI is InChI=1S/C16H27NO/c1-6-17-15(16(2,3)4)12-11-13-9-7-8-10-14(13)18-5/h7-10,15,17H,6,11-12H2,1-5H3. The van der Waals surface area contributed by atoms with Crippen LogP contribution in [-0.4, -0.2) is 19.7 Å². The SMILES string of the molecule is CCNC(CCc1ccccc1OC)C(C)(C)C. The lowest BCUT2D eigenvalue weighted by Crippen LogP contribution is -2.40. The van der Waals surface area contributed by atoms with Crippen molar-refractivity contribution in [2.24, 2.45) is 5.41 Å². The van der Waals surface area contributed by atoms with Gasteiger partial charge in [-0.1, -0.05) is 45.9 Å². The highest BCUT2D eigenvalue weighted by molar-refractivity contribution is 5.33. The summed E-state index contributed by atoms with van der Waals surface area (Å²) < 4.78 is 5.40. The van der Waals surface area contributed by atoms with Crippen LogP contribution in [0.5, 0.6) is 5.75 Å². The highest BCUT2D eigenvalue weighted by Gasteiger charge is 2.23. The van der Waals surface area contributed by atoms with Crippen molar-refractivity contribution < 1.29 is 4.74 Å². The second kappa shape index (κ2) is 6.79. The maximum Gasteiger partial charge on any atom is 0.122 e. The zero-order valence-corrected chi connectivity index (χ0v) is 12.4. The van der Waals surface area contributed by atoms with Gasteiger partial charge in [-0.25, -0.2) is 0 Å². The highest BCUT2D eigenvalue weighted by atomic mass is 16.5. The quantitative estimate of drug-likeness (QED) is 0.831. The van der Waals surface area contributed by atoms with E-state index in [0.717, 1.165) is 25.1 Å². The fourth-order valence-corrected chi connectivity index (χ4v) is 2.30. The van der Waals surface area contributed by atoms with Crippen molar-refractivity contribution >= 4 is 0 Å². The molecule has 0 aliphatic carbocycles. The average molecular weight is 249 g/mol. The van der Waals surface area contributed by atoms with Gasteiger partial charge in [0.1, 0.15) is 5.75 Å². The van der Waals surface area contributed by atoms with Gasteiger partial charge in [0.05, 0.1) is 7.11 Å². The van der Waals surface area contributed by atoms with E-state index in [9.17, 15) is 0 Å². The molecule has 0 bridgehead atoms. The molecule has 1 aromatic carbocycles. The minimum atomic E-state index is 0.290. The Labute approximate surface area is 112 Å². The van der Waals surface area contributed by atoms with Crippen molar-refractivity contribution in [2.75, 3.05) is 13.7 Å². The molecule has 1 unspecified atom stereocenters. The molecule has 18 heavy (non-hydrogen) atoms. The second-order valence-electron chi connectivity index (χ2n) is 5.83. The summed E-state index contributed by atoms with van der Waals surface area (Å²) in [6, 6.07) is 8.83. The van der Waals surface area contributed by atoms with E-state index in [-0.39, 0.29) is 5.41 Å². The normalized spacial score (nSPS) is 13.4. The van der Waals surface area contributed by atoms with Gasteiger partial charge in [-0.3, -0.25) is 0 Å². The number of benzene rings is 1. The Morgan fingerprint density at radius 2 is 1.89 bits per heavy atom. The third-order valence-corrected chi connectivity index (χ3v) is 3.39. The van der Waals surface area contributed by atoms with Crippen LogP contribution in [0, 0.1) is 5.41 Å². The summed E-state index contributed by atoms with van der Waals surface area (Å²) >= 11 is 0. The highest BCUT2D eigenvalue weighted by Crippen LogP contribution is 2.25. The first-order chi connectivity index (χ1) is 8.49. The molecule has 0 saturated heterocycles. The molecule has 102 valence electrons. The van der Waals surface area contributed by atoms with E-state index in [1.165, 1.54) is 5.56 Å². The molecular weight excluding hydrogens is 222 g/mol. The van der Waals surface area contributed by atoms with Crippen molar-refractivity contribution in [2.45, 2.75) is 46.6 Å². The summed E-state index contributed by atoms with van der Waals surface area (Å²) in [5.74, 6) is 1.00. The number of rotatable bonds is 6. The van der Waals surface area contributed by atoms with Crippen LogP contribution in [0.25, 0.3) is 0 Å². The summed E-state index contributed by atoms with van der Waals surface area (Å²) in [6.07, 6.45) is 2.19. The van der Waals surface area contributed by atoms with E-state index in [4.69, 9.17) is 4.74 Å². The Morgan fingerprint density at radius 3 is 2.44 bits per heavy atom. The summed E-state index contributed by atoms with van der Waals surface area (Å²) in [5, 5.41) is 3.59. The molecule has 2 heteroatoms. The predicted octanol–water partition coefficient (Wildman–Crippen LogP) is 3.65. The Balaban J connectivity index is 2.67. The monoisotopic (exact) mass is 249 g/mol. The minimum Gasteiger partial charge on any atom is -0.496 e. The molecule has 1 atom stereocenters. The first kappa shape index (κ1) is 15.0. The molecule has 0 aliphatic heterocycles. The molecule has 0 aliphatic rings. The molecule has 0 radical (unpaired) electrons. The van der Waals surface area contributed by atoms with E-state index in [1.807, 2.05) is 12.1 Å². The second-order valence-corrected chi connectivity index (χ2v) is 5.83. The van der Waals surface area contributed by atoms with Crippen LogP contribution in [0.15, 0.2) is 24.3 Å². The van der Waals surface area contributed by atoms with Gasteiger partial charge in [-0.2, -0.15) is 0 Å². The maximum absolute atomic E-state index is 5.40. The topological polar surface area (TPSA) is 21.3 Å². The fraction of sp³-hybridized carbons (Fsp3) is 0.625. The lowest BCUT2D eigenvalue weighted by Gasteiger charge is -2.31. The first-order valence-electron chi connectivity index (χ1n) is 6.84. The van der Waals surface area contributed by atoms with Crippen molar-refractivity contribution in [3.05, 3.63) is 29.8 Å². The van der Waals surface area contributed by atoms with Crippen LogP contribution >= 0.6 is 0 Å². The minimum absolute atomic E-state index is 0.290. The molecule has 0 fully saturated rings. The number of hydrogen-bond acceptors (Lipinski definition) is 2. The number of hydrogen-bond donors (Lipinski definition) is 1. The van der Waals surface area contributed by atoms with Gasteiger partial charge >= 0.3 is 0 Å².